The third-order valence-electron chi connectivity index (χ3n) is 5.49. The van der Waals surface area contributed by atoms with Crippen molar-refractivity contribution in [1.29, 1.82) is 0 Å². The maximum atomic E-state index is 12.9. The number of carbonyl (C=O) groups excluding carboxylic acids is 3. The van der Waals surface area contributed by atoms with E-state index in [1.165, 1.54) is 9.58 Å². The third kappa shape index (κ3) is 4.31. The number of aromatic nitrogens is 2. The molecule has 2 heterocycles. The number of nitrogens with one attached hydrogen (secondary N) is 2. The molecule has 0 aliphatic carbocycles. The number of fused-ring (bicyclic) bond motifs is 1. The van der Waals surface area contributed by atoms with Crippen molar-refractivity contribution in [2.75, 3.05) is 11.4 Å². The molecule has 33 heavy (non-hydrogen) atoms. The maximum absolute atomic E-state index is 12.9. The standard InChI is InChI=1S/C23H22ClN5O4/c1-13(2)29-23(33)17-6-4-3-5-16(17)19(27-29)21(31)26-25-20(30)18-11-12-28(22(18)32)15-9-7-14(24)8-10-15/h3-10,13,18H,11-12H2,1-2H3,(H,25,30)(H,26,31). The number of benzene rings is 2. The summed E-state index contributed by atoms with van der Waals surface area (Å²) < 4.78 is 1.23. The van der Waals surface area contributed by atoms with Gasteiger partial charge in [0.1, 0.15) is 5.92 Å². The molecule has 0 radical (unpaired) electrons. The Morgan fingerprint density at radius 2 is 1.70 bits per heavy atom. The van der Waals surface area contributed by atoms with E-state index in [0.29, 0.717) is 34.4 Å². The second-order valence-corrected chi connectivity index (χ2v) is 8.43. The first-order valence-corrected chi connectivity index (χ1v) is 10.8. The molecule has 0 bridgehead atoms. The highest BCUT2D eigenvalue weighted by atomic mass is 35.5. The van der Waals surface area contributed by atoms with Gasteiger partial charge >= 0.3 is 0 Å². The molecule has 1 aliphatic heterocycles. The highest BCUT2D eigenvalue weighted by Gasteiger charge is 2.37. The van der Waals surface area contributed by atoms with Crippen molar-refractivity contribution in [3.05, 3.63) is 69.6 Å². The van der Waals surface area contributed by atoms with Crippen LogP contribution in [0.5, 0.6) is 0 Å². The van der Waals surface area contributed by atoms with Crippen LogP contribution in [0.3, 0.4) is 0 Å². The molecule has 4 rings (SSSR count). The normalized spacial score (nSPS) is 15.8. The van der Waals surface area contributed by atoms with Crippen LogP contribution in [-0.4, -0.2) is 34.0 Å². The molecular weight excluding hydrogens is 446 g/mol. The van der Waals surface area contributed by atoms with Gasteiger partial charge in [0.15, 0.2) is 5.69 Å². The first-order valence-electron chi connectivity index (χ1n) is 10.5. The molecule has 9 nitrogen and oxygen atoms in total. The lowest BCUT2D eigenvalue weighted by Gasteiger charge is -2.17. The lowest BCUT2D eigenvalue weighted by molar-refractivity contribution is -0.132. The molecule has 170 valence electrons. The fraction of sp³-hybridized carbons (Fsp3) is 0.261. The largest absolute Gasteiger partial charge is 0.312 e. The van der Waals surface area contributed by atoms with Gasteiger partial charge in [0.25, 0.3) is 17.4 Å². The van der Waals surface area contributed by atoms with Crippen molar-refractivity contribution < 1.29 is 14.4 Å². The van der Waals surface area contributed by atoms with E-state index >= 15 is 0 Å². The molecule has 10 heteroatoms. The molecule has 1 atom stereocenters. The molecule has 2 N–H and O–H groups in total. The number of halogens is 1. The molecular formula is C23H22ClN5O4. The summed E-state index contributed by atoms with van der Waals surface area (Å²) in [6.07, 6.45) is 0.308. The number of nitrogens with zero attached hydrogens (tertiary/aromatic N) is 3. The number of hydrogen-bond acceptors (Lipinski definition) is 5. The number of amides is 3. The molecule has 0 spiro atoms. The number of hydrazine groups is 1. The van der Waals surface area contributed by atoms with Crippen LogP contribution in [0.2, 0.25) is 5.02 Å². The average Bonchev–Trinajstić information content (AvgIpc) is 3.19. The van der Waals surface area contributed by atoms with Gasteiger partial charge in [-0.3, -0.25) is 30.0 Å². The number of anilines is 1. The second-order valence-electron chi connectivity index (χ2n) is 7.99. The van der Waals surface area contributed by atoms with E-state index in [2.05, 4.69) is 16.0 Å². The molecule has 1 saturated heterocycles. The minimum Gasteiger partial charge on any atom is -0.312 e. The van der Waals surface area contributed by atoms with E-state index in [-0.39, 0.29) is 23.2 Å². The Hall–Kier alpha value is -3.72. The first kappa shape index (κ1) is 22.5. The number of carbonyl (C=O) groups is 3. The Morgan fingerprint density at radius 1 is 1.03 bits per heavy atom. The zero-order chi connectivity index (χ0) is 23.7. The summed E-state index contributed by atoms with van der Waals surface area (Å²) >= 11 is 5.90. The van der Waals surface area contributed by atoms with E-state index in [4.69, 9.17) is 11.6 Å². The van der Waals surface area contributed by atoms with Gasteiger partial charge < -0.3 is 4.90 Å². The highest BCUT2D eigenvalue weighted by molar-refractivity contribution is 6.30. The first-order chi connectivity index (χ1) is 15.8. The van der Waals surface area contributed by atoms with Crippen LogP contribution in [0, 0.1) is 5.92 Å². The predicted molar refractivity (Wildman–Crippen MR) is 124 cm³/mol. The van der Waals surface area contributed by atoms with Gasteiger partial charge in [0.2, 0.25) is 5.91 Å². The van der Waals surface area contributed by atoms with Gasteiger partial charge in [-0.25, -0.2) is 4.68 Å². The molecule has 0 saturated carbocycles. The summed E-state index contributed by atoms with van der Waals surface area (Å²) in [7, 11) is 0. The summed E-state index contributed by atoms with van der Waals surface area (Å²) in [5.41, 5.74) is 5.00. The van der Waals surface area contributed by atoms with Crippen molar-refractivity contribution in [3.63, 3.8) is 0 Å². The van der Waals surface area contributed by atoms with Crippen molar-refractivity contribution in [3.8, 4) is 0 Å². The second kappa shape index (κ2) is 9.03. The Balaban J connectivity index is 1.49. The van der Waals surface area contributed by atoms with Crippen LogP contribution in [0.15, 0.2) is 53.3 Å². The lowest BCUT2D eigenvalue weighted by Crippen LogP contribution is -2.47. The van der Waals surface area contributed by atoms with Gasteiger partial charge in [0.05, 0.1) is 11.4 Å². The van der Waals surface area contributed by atoms with Crippen LogP contribution >= 0.6 is 11.6 Å². The van der Waals surface area contributed by atoms with E-state index in [0.717, 1.165) is 0 Å². The van der Waals surface area contributed by atoms with Gasteiger partial charge in [-0.2, -0.15) is 5.10 Å². The summed E-state index contributed by atoms with van der Waals surface area (Å²) in [6.45, 7) is 3.94. The molecule has 1 unspecified atom stereocenters. The Morgan fingerprint density at radius 3 is 2.36 bits per heavy atom. The predicted octanol–water partition coefficient (Wildman–Crippen LogP) is 2.44. The molecule has 3 amide bonds. The summed E-state index contributed by atoms with van der Waals surface area (Å²) in [5.74, 6) is -2.60. The maximum Gasteiger partial charge on any atom is 0.290 e. The molecule has 2 aromatic carbocycles. The smallest absolute Gasteiger partial charge is 0.290 e. The van der Waals surface area contributed by atoms with E-state index in [9.17, 15) is 19.2 Å². The van der Waals surface area contributed by atoms with Crippen molar-refractivity contribution in [2.45, 2.75) is 26.3 Å². The summed E-state index contributed by atoms with van der Waals surface area (Å²) in [4.78, 5) is 52.4. The molecule has 1 fully saturated rings. The monoisotopic (exact) mass is 467 g/mol. The highest BCUT2D eigenvalue weighted by Crippen LogP contribution is 2.26. The van der Waals surface area contributed by atoms with Crippen molar-refractivity contribution in [1.82, 2.24) is 20.6 Å². The minimum atomic E-state index is -0.935. The molecule has 1 aliphatic rings. The van der Waals surface area contributed by atoms with E-state index < -0.39 is 17.7 Å². The fourth-order valence-corrected chi connectivity index (χ4v) is 3.92. The average molecular weight is 468 g/mol. The van der Waals surface area contributed by atoms with Crippen molar-refractivity contribution in [2.24, 2.45) is 5.92 Å². The Bertz CT molecular complexity index is 1300. The molecule has 1 aromatic heterocycles. The Labute approximate surface area is 194 Å². The van der Waals surface area contributed by atoms with Crippen LogP contribution in [0.4, 0.5) is 5.69 Å². The van der Waals surface area contributed by atoms with Gasteiger partial charge in [-0.05, 0) is 50.6 Å². The van der Waals surface area contributed by atoms with Crippen LogP contribution in [0.1, 0.15) is 36.8 Å². The Kier molecular flexibility index (Phi) is 6.15. The fourth-order valence-electron chi connectivity index (χ4n) is 3.79. The van der Waals surface area contributed by atoms with Crippen LogP contribution in [0.25, 0.3) is 10.8 Å². The van der Waals surface area contributed by atoms with Crippen LogP contribution in [-0.2, 0) is 9.59 Å². The number of rotatable bonds is 4. The number of hydrogen-bond donors (Lipinski definition) is 2. The van der Waals surface area contributed by atoms with E-state index in [1.807, 2.05) is 0 Å². The van der Waals surface area contributed by atoms with Gasteiger partial charge in [0, 0.05) is 22.6 Å². The van der Waals surface area contributed by atoms with Crippen LogP contribution < -0.4 is 21.3 Å². The topological polar surface area (TPSA) is 113 Å². The van der Waals surface area contributed by atoms with Crippen molar-refractivity contribution >= 4 is 45.8 Å². The van der Waals surface area contributed by atoms with Gasteiger partial charge in [-0.15, -0.1) is 0 Å². The van der Waals surface area contributed by atoms with E-state index in [1.54, 1.807) is 62.4 Å². The zero-order valence-corrected chi connectivity index (χ0v) is 18.8. The van der Waals surface area contributed by atoms with Gasteiger partial charge in [-0.1, -0.05) is 29.8 Å². The molecule has 3 aromatic rings. The minimum absolute atomic E-state index is 0.000241. The quantitative estimate of drug-likeness (QED) is 0.452. The summed E-state index contributed by atoms with van der Waals surface area (Å²) in [6, 6.07) is 13.1. The zero-order valence-electron chi connectivity index (χ0n) is 18.0. The third-order valence-corrected chi connectivity index (χ3v) is 5.74. The summed E-state index contributed by atoms with van der Waals surface area (Å²) in [5, 5.41) is 5.47. The lowest BCUT2D eigenvalue weighted by atomic mass is 10.1. The SMILES string of the molecule is CC(C)n1nc(C(=O)NNC(=O)C2CCN(c3ccc(Cl)cc3)C2=O)c2ccccc2c1=O.